The second-order valence-electron chi connectivity index (χ2n) is 5.91. The van der Waals surface area contributed by atoms with Gasteiger partial charge in [0.15, 0.2) is 5.96 Å². The normalized spacial score (nSPS) is 21.0. The molecule has 0 saturated carbocycles. The fourth-order valence-corrected chi connectivity index (χ4v) is 2.75. The number of hydrogen-bond donors (Lipinski definition) is 2. The van der Waals surface area contributed by atoms with Crippen LogP contribution in [0.1, 0.15) is 26.5 Å². The van der Waals surface area contributed by atoms with E-state index in [0.29, 0.717) is 18.6 Å². The number of hydrogen-bond acceptors (Lipinski definition) is 4. The third kappa shape index (κ3) is 5.80. The van der Waals surface area contributed by atoms with Crippen molar-refractivity contribution in [2.75, 3.05) is 32.8 Å². The zero-order chi connectivity index (χ0) is 16.5. The lowest BCUT2D eigenvalue weighted by atomic mass is 10.2. The Morgan fingerprint density at radius 2 is 2.35 bits per heavy atom. The van der Waals surface area contributed by atoms with Gasteiger partial charge in [0, 0.05) is 37.9 Å². The fourth-order valence-electron chi connectivity index (χ4n) is 2.75. The van der Waals surface area contributed by atoms with Crippen LogP contribution in [0.4, 0.5) is 0 Å². The SMILES string of the molecule is CCNC(=NCc1ccccn1)NCC(C)N1CCOCC1C. The maximum absolute atomic E-state index is 5.51. The number of nitrogens with one attached hydrogen (secondary N) is 2. The number of aliphatic imine (C=N–C) groups is 1. The van der Waals surface area contributed by atoms with Crippen LogP contribution in [-0.4, -0.2) is 60.8 Å². The summed E-state index contributed by atoms with van der Waals surface area (Å²) in [7, 11) is 0. The zero-order valence-electron chi connectivity index (χ0n) is 14.5. The van der Waals surface area contributed by atoms with Crippen molar-refractivity contribution in [1.29, 1.82) is 0 Å². The molecule has 1 fully saturated rings. The van der Waals surface area contributed by atoms with E-state index in [0.717, 1.165) is 44.5 Å². The summed E-state index contributed by atoms with van der Waals surface area (Å²) in [6.07, 6.45) is 1.80. The Kier molecular flexibility index (Phi) is 7.29. The zero-order valence-corrected chi connectivity index (χ0v) is 14.5. The van der Waals surface area contributed by atoms with Crippen molar-refractivity contribution in [2.24, 2.45) is 4.99 Å². The van der Waals surface area contributed by atoms with Crippen LogP contribution in [0.2, 0.25) is 0 Å². The molecule has 0 aliphatic carbocycles. The molecule has 0 aromatic carbocycles. The summed E-state index contributed by atoms with van der Waals surface area (Å²) in [5.41, 5.74) is 0.972. The van der Waals surface area contributed by atoms with Gasteiger partial charge in [0.1, 0.15) is 0 Å². The third-order valence-electron chi connectivity index (χ3n) is 4.02. The molecule has 0 spiro atoms. The van der Waals surface area contributed by atoms with Gasteiger partial charge in [0.05, 0.1) is 25.5 Å². The molecule has 1 saturated heterocycles. The van der Waals surface area contributed by atoms with E-state index >= 15 is 0 Å². The van der Waals surface area contributed by atoms with Crippen LogP contribution in [0.3, 0.4) is 0 Å². The number of nitrogens with zero attached hydrogens (tertiary/aromatic N) is 3. The van der Waals surface area contributed by atoms with Crippen molar-refractivity contribution >= 4 is 5.96 Å². The van der Waals surface area contributed by atoms with Crippen LogP contribution in [0.15, 0.2) is 29.4 Å². The summed E-state index contributed by atoms with van der Waals surface area (Å²) in [5.74, 6) is 0.839. The Labute approximate surface area is 139 Å². The van der Waals surface area contributed by atoms with E-state index in [1.54, 1.807) is 6.20 Å². The lowest BCUT2D eigenvalue weighted by Crippen LogP contribution is -2.53. The first-order valence-electron chi connectivity index (χ1n) is 8.46. The van der Waals surface area contributed by atoms with Gasteiger partial charge in [-0.3, -0.25) is 9.88 Å². The molecule has 6 heteroatoms. The molecule has 2 N–H and O–H groups in total. The van der Waals surface area contributed by atoms with E-state index in [1.807, 2.05) is 18.2 Å². The van der Waals surface area contributed by atoms with Gasteiger partial charge in [-0.2, -0.15) is 0 Å². The molecule has 0 amide bonds. The summed E-state index contributed by atoms with van der Waals surface area (Å²) in [6.45, 7) is 11.5. The second-order valence-corrected chi connectivity index (χ2v) is 5.91. The van der Waals surface area contributed by atoms with Gasteiger partial charge in [-0.15, -0.1) is 0 Å². The van der Waals surface area contributed by atoms with Crippen molar-refractivity contribution in [3.63, 3.8) is 0 Å². The van der Waals surface area contributed by atoms with E-state index in [4.69, 9.17) is 4.74 Å². The summed E-state index contributed by atoms with van der Waals surface area (Å²) in [5, 5.41) is 6.73. The van der Waals surface area contributed by atoms with Gasteiger partial charge in [-0.05, 0) is 32.9 Å². The first-order valence-corrected chi connectivity index (χ1v) is 8.46. The summed E-state index contributed by atoms with van der Waals surface area (Å²) < 4.78 is 5.51. The lowest BCUT2D eigenvalue weighted by Gasteiger charge is -2.38. The van der Waals surface area contributed by atoms with Crippen LogP contribution in [0.5, 0.6) is 0 Å². The molecule has 128 valence electrons. The fraction of sp³-hybridized carbons (Fsp3) is 0.647. The van der Waals surface area contributed by atoms with Crippen molar-refractivity contribution < 1.29 is 4.74 Å². The first-order chi connectivity index (χ1) is 11.2. The van der Waals surface area contributed by atoms with Gasteiger partial charge >= 0.3 is 0 Å². The van der Waals surface area contributed by atoms with Crippen LogP contribution in [0, 0.1) is 0 Å². The molecule has 0 bridgehead atoms. The molecule has 0 radical (unpaired) electrons. The van der Waals surface area contributed by atoms with Gasteiger partial charge in [0.2, 0.25) is 0 Å². The Morgan fingerprint density at radius 1 is 1.48 bits per heavy atom. The van der Waals surface area contributed by atoms with Crippen LogP contribution in [0.25, 0.3) is 0 Å². The number of guanidine groups is 1. The van der Waals surface area contributed by atoms with E-state index in [2.05, 4.69) is 46.3 Å². The summed E-state index contributed by atoms with van der Waals surface area (Å²) in [4.78, 5) is 11.4. The van der Waals surface area contributed by atoms with E-state index in [9.17, 15) is 0 Å². The van der Waals surface area contributed by atoms with Crippen LogP contribution in [-0.2, 0) is 11.3 Å². The maximum atomic E-state index is 5.51. The Balaban J connectivity index is 1.86. The Bertz CT molecular complexity index is 479. The van der Waals surface area contributed by atoms with Crippen molar-refractivity contribution in [3.8, 4) is 0 Å². The quantitative estimate of drug-likeness (QED) is 0.610. The van der Waals surface area contributed by atoms with Gasteiger partial charge in [-0.25, -0.2) is 4.99 Å². The second kappa shape index (κ2) is 9.47. The average Bonchev–Trinajstić information content (AvgIpc) is 2.58. The Morgan fingerprint density at radius 3 is 3.04 bits per heavy atom. The summed E-state index contributed by atoms with van der Waals surface area (Å²) >= 11 is 0. The predicted molar refractivity (Wildman–Crippen MR) is 93.5 cm³/mol. The lowest BCUT2D eigenvalue weighted by molar-refractivity contribution is -0.0174. The predicted octanol–water partition coefficient (Wildman–Crippen LogP) is 1.25. The van der Waals surface area contributed by atoms with E-state index < -0.39 is 0 Å². The monoisotopic (exact) mass is 319 g/mol. The minimum absolute atomic E-state index is 0.438. The Hall–Kier alpha value is -1.66. The summed E-state index contributed by atoms with van der Waals surface area (Å²) in [6, 6.07) is 6.80. The minimum atomic E-state index is 0.438. The molecular weight excluding hydrogens is 290 g/mol. The van der Waals surface area contributed by atoms with E-state index in [-0.39, 0.29) is 0 Å². The number of ether oxygens (including phenoxy) is 1. The minimum Gasteiger partial charge on any atom is -0.379 e. The first kappa shape index (κ1) is 17.7. The van der Waals surface area contributed by atoms with Crippen molar-refractivity contribution in [1.82, 2.24) is 20.5 Å². The standard InChI is InChI=1S/C17H29N5O/c1-4-18-17(21-12-16-7-5-6-8-19-16)20-11-14(2)22-9-10-23-13-15(22)3/h5-8,14-15H,4,9-13H2,1-3H3,(H2,18,20,21). The molecule has 1 aliphatic rings. The maximum Gasteiger partial charge on any atom is 0.191 e. The van der Waals surface area contributed by atoms with Crippen molar-refractivity contribution in [3.05, 3.63) is 30.1 Å². The molecule has 1 aromatic rings. The molecule has 2 unspecified atom stereocenters. The van der Waals surface area contributed by atoms with Crippen molar-refractivity contribution in [2.45, 2.75) is 39.4 Å². The molecule has 1 aromatic heterocycles. The highest BCUT2D eigenvalue weighted by atomic mass is 16.5. The van der Waals surface area contributed by atoms with Gasteiger partial charge < -0.3 is 15.4 Å². The molecule has 2 heterocycles. The number of pyridine rings is 1. The van der Waals surface area contributed by atoms with Gasteiger partial charge in [0.25, 0.3) is 0 Å². The van der Waals surface area contributed by atoms with Crippen LogP contribution >= 0.6 is 0 Å². The highest BCUT2D eigenvalue weighted by Gasteiger charge is 2.23. The number of morpholine rings is 1. The smallest absolute Gasteiger partial charge is 0.191 e. The molecule has 23 heavy (non-hydrogen) atoms. The highest BCUT2D eigenvalue weighted by Crippen LogP contribution is 2.10. The molecule has 6 nitrogen and oxygen atoms in total. The van der Waals surface area contributed by atoms with E-state index in [1.165, 1.54) is 0 Å². The largest absolute Gasteiger partial charge is 0.379 e. The molecule has 2 rings (SSSR count). The third-order valence-corrected chi connectivity index (χ3v) is 4.02. The van der Waals surface area contributed by atoms with Gasteiger partial charge in [-0.1, -0.05) is 6.07 Å². The highest BCUT2D eigenvalue weighted by molar-refractivity contribution is 5.79. The molecule has 1 aliphatic heterocycles. The number of rotatable bonds is 6. The molecule has 2 atom stereocenters. The van der Waals surface area contributed by atoms with Crippen LogP contribution < -0.4 is 10.6 Å². The average molecular weight is 319 g/mol. The molecular formula is C17H29N5O. The number of aromatic nitrogens is 1. The topological polar surface area (TPSA) is 61.8 Å².